The van der Waals surface area contributed by atoms with Gasteiger partial charge in [0.15, 0.2) is 0 Å². The molecule has 2 aromatic rings. The zero-order valence-corrected chi connectivity index (χ0v) is 11.2. The van der Waals surface area contributed by atoms with Crippen LogP contribution in [0, 0.1) is 11.8 Å². The number of halogens is 3. The molecule has 0 spiro atoms. The number of nitrogens with one attached hydrogen (secondary N) is 1. The van der Waals surface area contributed by atoms with E-state index < -0.39 is 11.7 Å². The molecule has 0 aliphatic heterocycles. The summed E-state index contributed by atoms with van der Waals surface area (Å²) in [5.74, 6) is 4.95. The summed E-state index contributed by atoms with van der Waals surface area (Å²) in [6, 6.07) is 4.49. The second kappa shape index (κ2) is 6.72. The van der Waals surface area contributed by atoms with Crippen molar-refractivity contribution in [2.24, 2.45) is 0 Å². The second-order valence-corrected chi connectivity index (χ2v) is 4.19. The molecule has 0 aliphatic carbocycles. The van der Waals surface area contributed by atoms with Gasteiger partial charge in [-0.15, -0.1) is 0 Å². The molecule has 1 aromatic carbocycles. The predicted molar refractivity (Wildman–Crippen MR) is 72.7 cm³/mol. The van der Waals surface area contributed by atoms with E-state index >= 15 is 0 Å². The summed E-state index contributed by atoms with van der Waals surface area (Å²) in [7, 11) is 0. The van der Waals surface area contributed by atoms with E-state index in [2.05, 4.69) is 27.1 Å². The maximum atomic E-state index is 12.4. The summed E-state index contributed by atoms with van der Waals surface area (Å²) >= 11 is 0. The number of carbonyl (C=O) groups excluding carboxylic acids is 1. The van der Waals surface area contributed by atoms with Crippen LogP contribution in [0.5, 0.6) is 0 Å². The number of aromatic nitrogens is 2. The van der Waals surface area contributed by atoms with Gasteiger partial charge in [0.1, 0.15) is 6.33 Å². The summed E-state index contributed by atoms with van der Waals surface area (Å²) in [5, 5.41) is 2.53. The zero-order valence-electron chi connectivity index (χ0n) is 11.2. The molecule has 1 heterocycles. The van der Waals surface area contributed by atoms with E-state index in [1.807, 2.05) is 0 Å². The van der Waals surface area contributed by atoms with E-state index in [0.717, 1.165) is 12.1 Å². The van der Waals surface area contributed by atoms with Gasteiger partial charge >= 0.3 is 6.18 Å². The van der Waals surface area contributed by atoms with Crippen LogP contribution in [0.1, 0.15) is 21.5 Å². The highest BCUT2D eigenvalue weighted by Crippen LogP contribution is 2.28. The van der Waals surface area contributed by atoms with Crippen LogP contribution < -0.4 is 5.32 Å². The van der Waals surface area contributed by atoms with E-state index in [-0.39, 0.29) is 12.5 Å². The third-order valence-corrected chi connectivity index (χ3v) is 2.61. The van der Waals surface area contributed by atoms with E-state index in [9.17, 15) is 18.0 Å². The molecular formula is C15H10F3N3O. The molecule has 7 heteroatoms. The first-order chi connectivity index (χ1) is 10.5. The van der Waals surface area contributed by atoms with E-state index in [4.69, 9.17) is 0 Å². The van der Waals surface area contributed by atoms with Crippen molar-refractivity contribution in [1.29, 1.82) is 0 Å². The smallest absolute Gasteiger partial charge is 0.341 e. The lowest BCUT2D eigenvalue weighted by Gasteiger charge is -2.05. The van der Waals surface area contributed by atoms with Gasteiger partial charge in [-0.1, -0.05) is 11.8 Å². The van der Waals surface area contributed by atoms with Gasteiger partial charge in [0.05, 0.1) is 17.7 Å². The molecule has 22 heavy (non-hydrogen) atoms. The summed E-state index contributed by atoms with van der Waals surface area (Å²) < 4.78 is 37.1. The summed E-state index contributed by atoms with van der Waals surface area (Å²) in [5.41, 5.74) is 0.0135. The number of nitrogens with zero attached hydrogens (tertiary/aromatic N) is 2. The lowest BCUT2D eigenvalue weighted by atomic mass is 10.1. The standard InChI is InChI=1S/C15H10F3N3O/c16-15(17,18)13-5-3-11(4-6-13)2-1-7-21-14(22)12-8-19-10-20-9-12/h3-6,8-10H,7H2,(H,21,22). The van der Waals surface area contributed by atoms with Gasteiger partial charge < -0.3 is 5.32 Å². The fourth-order valence-corrected chi connectivity index (χ4v) is 1.53. The average molecular weight is 305 g/mol. The minimum Gasteiger partial charge on any atom is -0.341 e. The van der Waals surface area contributed by atoms with Gasteiger partial charge in [-0.05, 0) is 24.3 Å². The van der Waals surface area contributed by atoms with Gasteiger partial charge in [0.2, 0.25) is 0 Å². The quantitative estimate of drug-likeness (QED) is 0.866. The number of carbonyl (C=O) groups is 1. The largest absolute Gasteiger partial charge is 0.416 e. The van der Waals surface area contributed by atoms with Gasteiger partial charge in [-0.2, -0.15) is 13.2 Å². The van der Waals surface area contributed by atoms with Crippen LogP contribution >= 0.6 is 0 Å². The van der Waals surface area contributed by atoms with E-state index in [0.29, 0.717) is 11.1 Å². The molecule has 4 nitrogen and oxygen atoms in total. The van der Waals surface area contributed by atoms with Gasteiger partial charge in [-0.3, -0.25) is 4.79 Å². The average Bonchev–Trinajstić information content (AvgIpc) is 2.52. The SMILES string of the molecule is O=C(NCC#Cc1ccc(C(F)(F)F)cc1)c1cncnc1. The van der Waals surface area contributed by atoms with Gasteiger partial charge in [0, 0.05) is 18.0 Å². The van der Waals surface area contributed by atoms with Gasteiger partial charge in [0.25, 0.3) is 5.91 Å². The Bertz CT molecular complexity index is 701. The monoisotopic (exact) mass is 305 g/mol. The Labute approximate surface area is 124 Å². The van der Waals surface area contributed by atoms with Crippen molar-refractivity contribution in [2.45, 2.75) is 6.18 Å². The minimum absolute atomic E-state index is 0.0642. The number of benzene rings is 1. The lowest BCUT2D eigenvalue weighted by molar-refractivity contribution is -0.137. The fraction of sp³-hybridized carbons (Fsp3) is 0.133. The molecule has 112 valence electrons. The highest BCUT2D eigenvalue weighted by atomic mass is 19.4. The Morgan fingerprint density at radius 2 is 1.77 bits per heavy atom. The second-order valence-electron chi connectivity index (χ2n) is 4.19. The zero-order chi connectivity index (χ0) is 16.0. The summed E-state index contributed by atoms with van der Waals surface area (Å²) in [4.78, 5) is 19.0. The fourth-order valence-electron chi connectivity index (χ4n) is 1.53. The van der Waals surface area contributed by atoms with Crippen LogP contribution in [0.2, 0.25) is 0 Å². The molecule has 0 unspecified atom stereocenters. The van der Waals surface area contributed by atoms with Crippen molar-refractivity contribution in [2.75, 3.05) is 6.54 Å². The predicted octanol–water partition coefficient (Wildman–Crippen LogP) is 2.28. The molecule has 1 aromatic heterocycles. The maximum absolute atomic E-state index is 12.4. The Balaban J connectivity index is 1.90. The Hall–Kier alpha value is -2.88. The van der Waals surface area contributed by atoms with Crippen LogP contribution in [0.3, 0.4) is 0 Å². The third-order valence-electron chi connectivity index (χ3n) is 2.61. The Morgan fingerprint density at radius 3 is 2.36 bits per heavy atom. The van der Waals surface area contributed by atoms with Crippen LogP contribution in [0.4, 0.5) is 13.2 Å². The van der Waals surface area contributed by atoms with Crippen LogP contribution in [-0.4, -0.2) is 22.4 Å². The lowest BCUT2D eigenvalue weighted by Crippen LogP contribution is -2.23. The molecule has 0 atom stereocenters. The number of hydrogen-bond donors (Lipinski definition) is 1. The van der Waals surface area contributed by atoms with Crippen LogP contribution in [0.15, 0.2) is 43.0 Å². The van der Waals surface area contributed by atoms with Crippen molar-refractivity contribution in [3.05, 3.63) is 59.7 Å². The normalized spacial score (nSPS) is 10.5. The molecule has 0 saturated heterocycles. The van der Waals surface area contributed by atoms with Crippen LogP contribution in [-0.2, 0) is 6.18 Å². The van der Waals surface area contributed by atoms with E-state index in [1.54, 1.807) is 0 Å². The molecular weight excluding hydrogens is 295 g/mol. The Kier molecular flexibility index (Phi) is 4.73. The molecule has 0 fully saturated rings. The first kappa shape index (κ1) is 15.5. The molecule has 0 radical (unpaired) electrons. The van der Waals surface area contributed by atoms with Crippen molar-refractivity contribution in [1.82, 2.24) is 15.3 Å². The highest BCUT2D eigenvalue weighted by Gasteiger charge is 2.29. The third kappa shape index (κ3) is 4.31. The molecule has 0 aliphatic rings. The molecule has 0 saturated carbocycles. The molecule has 1 N–H and O–H groups in total. The molecule has 0 bridgehead atoms. The molecule has 1 amide bonds. The molecule has 2 rings (SSSR count). The first-order valence-corrected chi connectivity index (χ1v) is 6.16. The summed E-state index contributed by atoms with van der Waals surface area (Å²) in [6.45, 7) is 0.0642. The van der Waals surface area contributed by atoms with Crippen molar-refractivity contribution < 1.29 is 18.0 Å². The Morgan fingerprint density at radius 1 is 1.14 bits per heavy atom. The number of rotatable bonds is 2. The highest BCUT2D eigenvalue weighted by molar-refractivity contribution is 5.93. The first-order valence-electron chi connectivity index (χ1n) is 6.16. The van der Waals surface area contributed by atoms with Gasteiger partial charge in [-0.25, -0.2) is 9.97 Å². The van der Waals surface area contributed by atoms with Crippen molar-refractivity contribution in [3.63, 3.8) is 0 Å². The van der Waals surface area contributed by atoms with Crippen molar-refractivity contribution in [3.8, 4) is 11.8 Å². The van der Waals surface area contributed by atoms with Crippen LogP contribution in [0.25, 0.3) is 0 Å². The topological polar surface area (TPSA) is 54.9 Å². The maximum Gasteiger partial charge on any atom is 0.416 e. The minimum atomic E-state index is -4.36. The number of alkyl halides is 3. The number of hydrogen-bond acceptors (Lipinski definition) is 3. The van der Waals surface area contributed by atoms with Crippen molar-refractivity contribution >= 4 is 5.91 Å². The summed E-state index contributed by atoms with van der Waals surface area (Å²) in [6.07, 6.45) is -0.323. The number of amides is 1. The van der Waals surface area contributed by atoms with E-state index in [1.165, 1.54) is 30.9 Å².